The Bertz CT molecular complexity index is 431. The molecule has 0 bridgehead atoms. The number of β-amino-alcohol motifs (C(OH)–C–C–N with tert-alkyl or cyclic N) is 1. The van der Waals surface area contributed by atoms with Gasteiger partial charge in [0.2, 0.25) is 0 Å². The van der Waals surface area contributed by atoms with Crippen molar-refractivity contribution in [1.29, 1.82) is 0 Å². The topological polar surface area (TPSA) is 78.6 Å². The minimum absolute atomic E-state index is 0.166. The Labute approximate surface area is 112 Å². The van der Waals surface area contributed by atoms with Gasteiger partial charge in [0.05, 0.1) is 18.3 Å². The van der Waals surface area contributed by atoms with Gasteiger partial charge in [0.25, 0.3) is 0 Å². The lowest BCUT2D eigenvalue weighted by Crippen LogP contribution is -2.46. The Morgan fingerprint density at radius 1 is 1.68 bits per heavy atom. The molecule has 2 N–H and O–H groups in total. The van der Waals surface area contributed by atoms with Crippen LogP contribution in [0.25, 0.3) is 0 Å². The van der Waals surface area contributed by atoms with E-state index in [2.05, 4.69) is 10.5 Å². The summed E-state index contributed by atoms with van der Waals surface area (Å²) < 4.78 is 5.15. The van der Waals surface area contributed by atoms with E-state index in [0.29, 0.717) is 31.3 Å². The summed E-state index contributed by atoms with van der Waals surface area (Å²) in [6.07, 6.45) is 1.20. The zero-order valence-electron chi connectivity index (χ0n) is 11.4. The maximum Gasteiger partial charge on any atom is 0.317 e. The normalized spacial score (nSPS) is 19.8. The van der Waals surface area contributed by atoms with Crippen LogP contribution >= 0.6 is 0 Å². The van der Waals surface area contributed by atoms with Gasteiger partial charge in [-0.1, -0.05) is 19.0 Å². The van der Waals surface area contributed by atoms with Crippen molar-refractivity contribution < 1.29 is 14.4 Å². The van der Waals surface area contributed by atoms with Crippen LogP contribution in [0.15, 0.2) is 10.6 Å². The molecule has 1 atom stereocenters. The summed E-state index contributed by atoms with van der Waals surface area (Å²) in [4.78, 5) is 13.5. The van der Waals surface area contributed by atoms with Crippen LogP contribution in [0.3, 0.4) is 0 Å². The van der Waals surface area contributed by atoms with Crippen molar-refractivity contribution in [3.8, 4) is 0 Å². The lowest BCUT2D eigenvalue weighted by atomic mass is 10.1. The van der Waals surface area contributed by atoms with Crippen LogP contribution in [-0.4, -0.2) is 40.4 Å². The van der Waals surface area contributed by atoms with Crippen LogP contribution in [0.2, 0.25) is 0 Å². The predicted octanol–water partition coefficient (Wildman–Crippen LogP) is 1.46. The molecule has 1 saturated heterocycles. The van der Waals surface area contributed by atoms with E-state index in [9.17, 15) is 9.90 Å². The summed E-state index contributed by atoms with van der Waals surface area (Å²) in [7, 11) is 0. The summed E-state index contributed by atoms with van der Waals surface area (Å²) in [5, 5.41) is 16.2. The fraction of sp³-hybridized carbons (Fsp3) is 0.692. The third-order valence-corrected chi connectivity index (χ3v) is 3.27. The number of carbonyl (C=O) groups excluding carboxylic acids is 1. The molecule has 2 amide bonds. The molecule has 0 aromatic carbocycles. The average Bonchev–Trinajstić information content (AvgIpc) is 2.85. The van der Waals surface area contributed by atoms with Crippen molar-refractivity contribution in [2.24, 2.45) is 0 Å². The van der Waals surface area contributed by atoms with E-state index in [-0.39, 0.29) is 6.03 Å². The SMILES string of the molecule is CC(C)c1cc(CNC(=O)N2CCCC(O)C2)on1. The quantitative estimate of drug-likeness (QED) is 0.869. The minimum atomic E-state index is -0.405. The van der Waals surface area contributed by atoms with Crippen LogP contribution in [0.5, 0.6) is 0 Å². The number of rotatable bonds is 3. The van der Waals surface area contributed by atoms with E-state index in [4.69, 9.17) is 4.52 Å². The van der Waals surface area contributed by atoms with Gasteiger partial charge in [0, 0.05) is 19.2 Å². The lowest BCUT2D eigenvalue weighted by molar-refractivity contribution is 0.0839. The van der Waals surface area contributed by atoms with Gasteiger partial charge in [-0.3, -0.25) is 0 Å². The number of amides is 2. The molecule has 0 saturated carbocycles. The third-order valence-electron chi connectivity index (χ3n) is 3.27. The molecule has 1 aliphatic rings. The maximum absolute atomic E-state index is 11.9. The number of nitrogens with zero attached hydrogens (tertiary/aromatic N) is 2. The van der Waals surface area contributed by atoms with Gasteiger partial charge in [-0.2, -0.15) is 0 Å². The van der Waals surface area contributed by atoms with Crippen molar-refractivity contribution in [3.05, 3.63) is 17.5 Å². The molecule has 0 radical (unpaired) electrons. The monoisotopic (exact) mass is 267 g/mol. The molecule has 6 nitrogen and oxygen atoms in total. The first-order valence-electron chi connectivity index (χ1n) is 6.72. The molecular formula is C13H21N3O3. The first-order chi connectivity index (χ1) is 9.06. The summed E-state index contributed by atoms with van der Waals surface area (Å²) in [5.74, 6) is 0.958. The van der Waals surface area contributed by atoms with Crippen LogP contribution in [0, 0.1) is 0 Å². The van der Waals surface area contributed by atoms with Gasteiger partial charge in [-0.05, 0) is 18.8 Å². The number of piperidine rings is 1. The van der Waals surface area contributed by atoms with Crippen LogP contribution in [0.1, 0.15) is 44.1 Å². The molecule has 1 aromatic rings. The summed E-state index contributed by atoms with van der Waals surface area (Å²) >= 11 is 0. The second kappa shape index (κ2) is 6.06. The first-order valence-corrected chi connectivity index (χ1v) is 6.72. The average molecular weight is 267 g/mol. The molecule has 2 rings (SSSR count). The number of aromatic nitrogens is 1. The lowest BCUT2D eigenvalue weighted by Gasteiger charge is -2.29. The van der Waals surface area contributed by atoms with Crippen molar-refractivity contribution in [2.75, 3.05) is 13.1 Å². The van der Waals surface area contributed by atoms with Gasteiger partial charge < -0.3 is 19.8 Å². The number of aliphatic hydroxyl groups excluding tert-OH is 1. The smallest absolute Gasteiger partial charge is 0.317 e. The Balaban J connectivity index is 1.82. The van der Waals surface area contributed by atoms with Crippen LogP contribution in [0.4, 0.5) is 4.79 Å². The van der Waals surface area contributed by atoms with Gasteiger partial charge in [0.15, 0.2) is 5.76 Å². The summed E-state index contributed by atoms with van der Waals surface area (Å²) in [6, 6.07) is 1.69. The summed E-state index contributed by atoms with van der Waals surface area (Å²) in [6.45, 7) is 5.49. The van der Waals surface area contributed by atoms with E-state index in [1.807, 2.05) is 19.9 Å². The largest absolute Gasteiger partial charge is 0.391 e. The second-order valence-corrected chi connectivity index (χ2v) is 5.27. The molecule has 106 valence electrons. The zero-order valence-corrected chi connectivity index (χ0v) is 11.4. The Morgan fingerprint density at radius 2 is 2.47 bits per heavy atom. The third kappa shape index (κ3) is 3.70. The standard InChI is InChI=1S/C13H21N3O3/c1-9(2)12-6-11(19-15-12)7-14-13(18)16-5-3-4-10(17)8-16/h6,9-10,17H,3-5,7-8H2,1-2H3,(H,14,18). The highest BCUT2D eigenvalue weighted by molar-refractivity contribution is 5.74. The van der Waals surface area contributed by atoms with Crippen LogP contribution in [-0.2, 0) is 6.54 Å². The molecule has 0 spiro atoms. The maximum atomic E-state index is 11.9. The fourth-order valence-electron chi connectivity index (χ4n) is 2.10. The molecule has 0 aliphatic carbocycles. The number of likely N-dealkylation sites (tertiary alicyclic amines) is 1. The molecule has 19 heavy (non-hydrogen) atoms. The minimum Gasteiger partial charge on any atom is -0.391 e. The number of hydrogen-bond donors (Lipinski definition) is 2. The van der Waals surface area contributed by atoms with E-state index in [1.54, 1.807) is 4.90 Å². The van der Waals surface area contributed by atoms with Gasteiger partial charge in [-0.15, -0.1) is 0 Å². The first kappa shape index (κ1) is 13.9. The van der Waals surface area contributed by atoms with Crippen molar-refractivity contribution in [1.82, 2.24) is 15.4 Å². The molecule has 6 heteroatoms. The molecule has 1 fully saturated rings. The highest BCUT2D eigenvalue weighted by Crippen LogP contribution is 2.14. The predicted molar refractivity (Wildman–Crippen MR) is 69.6 cm³/mol. The van der Waals surface area contributed by atoms with Crippen molar-refractivity contribution in [2.45, 2.75) is 45.3 Å². The van der Waals surface area contributed by atoms with Crippen molar-refractivity contribution >= 4 is 6.03 Å². The fourth-order valence-corrected chi connectivity index (χ4v) is 2.10. The van der Waals surface area contributed by atoms with E-state index < -0.39 is 6.10 Å². The molecular weight excluding hydrogens is 246 g/mol. The highest BCUT2D eigenvalue weighted by atomic mass is 16.5. The second-order valence-electron chi connectivity index (χ2n) is 5.27. The number of aliphatic hydroxyl groups is 1. The van der Waals surface area contributed by atoms with E-state index in [0.717, 1.165) is 18.5 Å². The number of hydrogen-bond acceptors (Lipinski definition) is 4. The highest BCUT2D eigenvalue weighted by Gasteiger charge is 2.22. The number of urea groups is 1. The van der Waals surface area contributed by atoms with Gasteiger partial charge >= 0.3 is 6.03 Å². The Hall–Kier alpha value is -1.56. The Kier molecular flexibility index (Phi) is 4.42. The number of carbonyl (C=O) groups is 1. The number of nitrogens with one attached hydrogen (secondary N) is 1. The molecule has 1 aromatic heterocycles. The summed E-state index contributed by atoms with van der Waals surface area (Å²) in [5.41, 5.74) is 0.887. The van der Waals surface area contributed by atoms with E-state index >= 15 is 0 Å². The van der Waals surface area contributed by atoms with E-state index in [1.165, 1.54) is 0 Å². The van der Waals surface area contributed by atoms with Crippen molar-refractivity contribution in [3.63, 3.8) is 0 Å². The van der Waals surface area contributed by atoms with Gasteiger partial charge in [-0.25, -0.2) is 4.79 Å². The molecule has 2 heterocycles. The molecule has 1 unspecified atom stereocenters. The zero-order chi connectivity index (χ0) is 13.8. The van der Waals surface area contributed by atoms with Gasteiger partial charge in [0.1, 0.15) is 0 Å². The Morgan fingerprint density at radius 3 is 3.11 bits per heavy atom. The molecule has 1 aliphatic heterocycles. The van der Waals surface area contributed by atoms with Crippen LogP contribution < -0.4 is 5.32 Å².